The zero-order valence-electron chi connectivity index (χ0n) is 10.0. The fourth-order valence-corrected chi connectivity index (χ4v) is 1.01. The van der Waals surface area contributed by atoms with Gasteiger partial charge in [0.15, 0.2) is 0 Å². The molecule has 0 aromatic heterocycles. The van der Waals surface area contributed by atoms with E-state index in [0.717, 1.165) is 0 Å². The Kier molecular flexibility index (Phi) is 6.15. The van der Waals surface area contributed by atoms with E-state index < -0.39 is 37.0 Å². The van der Waals surface area contributed by atoms with Gasteiger partial charge in [-0.15, -0.1) is 0 Å². The first-order chi connectivity index (χ1) is 8.81. The van der Waals surface area contributed by atoms with Gasteiger partial charge in [0.25, 0.3) is 0 Å². The third-order valence-corrected chi connectivity index (χ3v) is 2.20. The van der Waals surface area contributed by atoms with Crippen LogP contribution in [-0.4, -0.2) is 50.9 Å². The second-order valence-corrected chi connectivity index (χ2v) is 3.71. The van der Waals surface area contributed by atoms with Gasteiger partial charge < -0.3 is 9.47 Å². The minimum absolute atomic E-state index is 0.0827. The standard InChI is InChI=1S/C9H11F9O2/c1-19-4-5-20-3-2-6(10,11)7(12,13)8(14,15)9(16,17)18/h2-5H2,1H3. The zero-order valence-corrected chi connectivity index (χ0v) is 10.0. The summed E-state index contributed by atoms with van der Waals surface area (Å²) in [6.07, 6.45) is -8.79. The Morgan fingerprint density at radius 3 is 1.60 bits per heavy atom. The minimum Gasteiger partial charge on any atom is -0.382 e. The summed E-state index contributed by atoms with van der Waals surface area (Å²) in [5, 5.41) is 0. The van der Waals surface area contributed by atoms with Crippen molar-refractivity contribution in [2.75, 3.05) is 26.9 Å². The van der Waals surface area contributed by atoms with Crippen molar-refractivity contribution in [3.63, 3.8) is 0 Å². The number of halogens is 9. The molecular formula is C9H11F9O2. The van der Waals surface area contributed by atoms with Gasteiger partial charge in [-0.3, -0.25) is 0 Å². The monoisotopic (exact) mass is 322 g/mol. The van der Waals surface area contributed by atoms with Crippen LogP contribution in [0.25, 0.3) is 0 Å². The summed E-state index contributed by atoms with van der Waals surface area (Å²) >= 11 is 0. The van der Waals surface area contributed by atoms with E-state index in [1.165, 1.54) is 7.11 Å². The van der Waals surface area contributed by atoms with Gasteiger partial charge in [-0.25, -0.2) is 0 Å². The van der Waals surface area contributed by atoms with Crippen LogP contribution in [0.4, 0.5) is 39.5 Å². The molecule has 0 unspecified atom stereocenters. The molecule has 0 aliphatic heterocycles. The highest BCUT2D eigenvalue weighted by atomic mass is 19.4. The van der Waals surface area contributed by atoms with Crippen molar-refractivity contribution in [3.8, 4) is 0 Å². The Hall–Kier alpha value is -0.710. The highest BCUT2D eigenvalue weighted by Gasteiger charge is 2.81. The number of rotatable bonds is 8. The molecule has 0 radical (unpaired) electrons. The summed E-state index contributed by atoms with van der Waals surface area (Å²) in [4.78, 5) is 0. The van der Waals surface area contributed by atoms with Gasteiger partial charge in [0.2, 0.25) is 0 Å². The lowest BCUT2D eigenvalue weighted by Gasteiger charge is -2.33. The molecule has 0 amide bonds. The average molecular weight is 322 g/mol. The first kappa shape index (κ1) is 19.3. The van der Waals surface area contributed by atoms with Crippen molar-refractivity contribution in [1.82, 2.24) is 0 Å². The van der Waals surface area contributed by atoms with Crippen LogP contribution < -0.4 is 0 Å². The predicted molar refractivity (Wildman–Crippen MR) is 48.2 cm³/mol. The molecule has 0 aliphatic carbocycles. The maximum atomic E-state index is 12.9. The van der Waals surface area contributed by atoms with E-state index in [4.69, 9.17) is 0 Å². The first-order valence-corrected chi connectivity index (χ1v) is 5.08. The number of methoxy groups -OCH3 is 1. The fourth-order valence-electron chi connectivity index (χ4n) is 1.01. The third kappa shape index (κ3) is 3.90. The summed E-state index contributed by atoms with van der Waals surface area (Å²) in [7, 11) is 1.22. The number of hydrogen-bond acceptors (Lipinski definition) is 2. The molecule has 20 heavy (non-hydrogen) atoms. The van der Waals surface area contributed by atoms with E-state index in [1.807, 2.05) is 0 Å². The molecule has 2 nitrogen and oxygen atoms in total. The number of alkyl halides is 9. The van der Waals surface area contributed by atoms with E-state index in [9.17, 15) is 39.5 Å². The lowest BCUT2D eigenvalue weighted by molar-refractivity contribution is -0.397. The van der Waals surface area contributed by atoms with Gasteiger partial charge in [0.1, 0.15) is 0 Å². The summed E-state index contributed by atoms with van der Waals surface area (Å²) in [6, 6.07) is 0. The second kappa shape index (κ2) is 6.37. The topological polar surface area (TPSA) is 18.5 Å². The van der Waals surface area contributed by atoms with E-state index >= 15 is 0 Å². The SMILES string of the molecule is COCCOCCC(F)(F)C(F)(F)C(F)(F)C(F)(F)F. The molecule has 0 fully saturated rings. The molecule has 0 saturated carbocycles. The summed E-state index contributed by atoms with van der Waals surface area (Å²) < 4.78 is 120. The van der Waals surface area contributed by atoms with Crippen molar-refractivity contribution >= 4 is 0 Å². The molecule has 0 aliphatic rings. The van der Waals surface area contributed by atoms with Crippen LogP contribution in [0.2, 0.25) is 0 Å². The van der Waals surface area contributed by atoms with Crippen molar-refractivity contribution in [2.45, 2.75) is 30.4 Å². The van der Waals surface area contributed by atoms with Crippen LogP contribution in [0.1, 0.15) is 6.42 Å². The Bertz CT molecular complexity index is 300. The van der Waals surface area contributed by atoms with Gasteiger partial charge in [0, 0.05) is 13.5 Å². The zero-order chi connectivity index (χ0) is 16.2. The normalized spacial score (nSPS) is 14.7. The van der Waals surface area contributed by atoms with Crippen molar-refractivity contribution in [3.05, 3.63) is 0 Å². The summed E-state index contributed by atoms with van der Waals surface area (Å²) in [5.41, 5.74) is 0. The molecule has 0 aromatic rings. The highest BCUT2D eigenvalue weighted by molar-refractivity contribution is 5.00. The maximum Gasteiger partial charge on any atom is 0.460 e. The van der Waals surface area contributed by atoms with Crippen LogP contribution in [-0.2, 0) is 9.47 Å². The largest absolute Gasteiger partial charge is 0.460 e. The Morgan fingerprint density at radius 2 is 1.20 bits per heavy atom. The molecular weight excluding hydrogens is 311 g/mol. The van der Waals surface area contributed by atoms with Crippen LogP contribution in [0, 0.1) is 0 Å². The molecule has 0 N–H and O–H groups in total. The van der Waals surface area contributed by atoms with Crippen molar-refractivity contribution in [1.29, 1.82) is 0 Å². The molecule has 122 valence electrons. The van der Waals surface area contributed by atoms with E-state index in [1.54, 1.807) is 0 Å². The summed E-state index contributed by atoms with van der Waals surface area (Å²) in [5.74, 6) is -19.0. The maximum absolute atomic E-state index is 12.9. The molecule has 11 heteroatoms. The number of hydrogen-bond donors (Lipinski definition) is 0. The Balaban J connectivity index is 4.81. The summed E-state index contributed by atoms with van der Waals surface area (Å²) in [6.45, 7) is -1.51. The minimum atomic E-state index is -6.85. The quantitative estimate of drug-likeness (QED) is 0.503. The van der Waals surface area contributed by atoms with Gasteiger partial charge in [0.05, 0.1) is 19.8 Å². The number of ether oxygens (including phenoxy) is 2. The molecule has 0 rings (SSSR count). The highest BCUT2D eigenvalue weighted by Crippen LogP contribution is 2.53. The van der Waals surface area contributed by atoms with Crippen LogP contribution >= 0.6 is 0 Å². The van der Waals surface area contributed by atoms with E-state index in [2.05, 4.69) is 9.47 Å². The predicted octanol–water partition coefficient (Wildman–Crippen LogP) is 3.51. The molecule has 0 saturated heterocycles. The molecule has 0 spiro atoms. The molecule has 0 bridgehead atoms. The second-order valence-electron chi connectivity index (χ2n) is 3.71. The molecule has 0 atom stereocenters. The molecule has 0 aromatic carbocycles. The Labute approximate surface area is 107 Å². The van der Waals surface area contributed by atoms with Gasteiger partial charge in [-0.05, 0) is 0 Å². The first-order valence-electron chi connectivity index (χ1n) is 5.08. The van der Waals surface area contributed by atoms with Crippen molar-refractivity contribution < 1.29 is 49.0 Å². The fraction of sp³-hybridized carbons (Fsp3) is 1.00. The van der Waals surface area contributed by atoms with Crippen LogP contribution in [0.15, 0.2) is 0 Å². The van der Waals surface area contributed by atoms with E-state index in [-0.39, 0.29) is 13.2 Å². The third-order valence-electron chi connectivity index (χ3n) is 2.20. The smallest absolute Gasteiger partial charge is 0.382 e. The van der Waals surface area contributed by atoms with Gasteiger partial charge in [-0.1, -0.05) is 0 Å². The van der Waals surface area contributed by atoms with Crippen molar-refractivity contribution in [2.24, 2.45) is 0 Å². The van der Waals surface area contributed by atoms with Gasteiger partial charge in [-0.2, -0.15) is 39.5 Å². The van der Waals surface area contributed by atoms with E-state index in [0.29, 0.717) is 0 Å². The lowest BCUT2D eigenvalue weighted by Crippen LogP contribution is -2.61. The average Bonchev–Trinajstić information content (AvgIpc) is 2.26. The molecule has 0 heterocycles. The lowest BCUT2D eigenvalue weighted by atomic mass is 10.0. The Morgan fingerprint density at radius 1 is 0.700 bits per heavy atom. The van der Waals surface area contributed by atoms with Crippen LogP contribution in [0.5, 0.6) is 0 Å². The van der Waals surface area contributed by atoms with Crippen LogP contribution in [0.3, 0.4) is 0 Å². The van der Waals surface area contributed by atoms with Gasteiger partial charge >= 0.3 is 23.9 Å².